The van der Waals surface area contributed by atoms with Crippen molar-refractivity contribution in [3.63, 3.8) is 0 Å². The minimum atomic E-state index is -4.21. The fourth-order valence-corrected chi connectivity index (χ4v) is 6.04. The molecule has 164 valence electrons. The third kappa shape index (κ3) is 4.42. The highest BCUT2D eigenvalue weighted by molar-refractivity contribution is 8.00. The van der Waals surface area contributed by atoms with Crippen molar-refractivity contribution in [1.82, 2.24) is 13.9 Å². The van der Waals surface area contributed by atoms with Crippen LogP contribution in [-0.4, -0.2) is 51.9 Å². The van der Waals surface area contributed by atoms with Crippen LogP contribution < -0.4 is 0 Å². The van der Waals surface area contributed by atoms with Gasteiger partial charge in [-0.3, -0.25) is 14.9 Å². The summed E-state index contributed by atoms with van der Waals surface area (Å²) in [6.45, 7) is 6.43. The predicted octanol–water partition coefficient (Wildman–Crippen LogP) is 3.45. The van der Waals surface area contributed by atoms with Gasteiger partial charge in [0.2, 0.25) is 5.91 Å². The van der Waals surface area contributed by atoms with Crippen molar-refractivity contribution in [2.75, 3.05) is 18.8 Å². The number of imidazole rings is 1. The Hall–Kier alpha value is -2.92. The van der Waals surface area contributed by atoms with Crippen molar-refractivity contribution in [1.29, 1.82) is 0 Å². The molecule has 0 bridgehead atoms. The molecule has 0 saturated carbocycles. The molecule has 2 aromatic carbocycles. The number of non-ortho nitro benzene ring substituents is 1. The summed E-state index contributed by atoms with van der Waals surface area (Å²) in [7, 11) is -4.21. The van der Waals surface area contributed by atoms with Crippen LogP contribution in [0.4, 0.5) is 5.69 Å². The lowest BCUT2D eigenvalue weighted by Gasteiger charge is -2.18. The zero-order valence-corrected chi connectivity index (χ0v) is 18.9. The average molecular weight is 463 g/mol. The highest BCUT2D eigenvalue weighted by Gasteiger charge is 2.28. The Morgan fingerprint density at radius 1 is 1.19 bits per heavy atom. The normalized spacial score (nSPS) is 11.6. The average Bonchev–Trinajstić information content (AvgIpc) is 3.12. The molecule has 1 amide bonds. The first-order valence-corrected chi connectivity index (χ1v) is 12.0. The van der Waals surface area contributed by atoms with E-state index in [-0.39, 0.29) is 27.4 Å². The number of amides is 1. The van der Waals surface area contributed by atoms with E-state index in [4.69, 9.17) is 0 Å². The van der Waals surface area contributed by atoms with Crippen LogP contribution >= 0.6 is 11.8 Å². The number of aromatic nitrogens is 2. The van der Waals surface area contributed by atoms with Gasteiger partial charge in [0.1, 0.15) is 0 Å². The number of para-hydroxylation sites is 2. The quantitative estimate of drug-likeness (QED) is 0.286. The van der Waals surface area contributed by atoms with E-state index in [9.17, 15) is 23.3 Å². The number of nitro groups is 1. The molecule has 3 aromatic rings. The monoisotopic (exact) mass is 462 g/mol. The summed E-state index contributed by atoms with van der Waals surface area (Å²) in [4.78, 5) is 28.9. The first-order valence-electron chi connectivity index (χ1n) is 9.59. The fraction of sp³-hybridized carbons (Fsp3) is 0.300. The van der Waals surface area contributed by atoms with Crippen molar-refractivity contribution in [2.45, 2.75) is 30.8 Å². The smallest absolute Gasteiger partial charge is 0.270 e. The molecule has 1 aromatic heterocycles. The van der Waals surface area contributed by atoms with Crippen LogP contribution in [0.3, 0.4) is 0 Å². The van der Waals surface area contributed by atoms with Crippen molar-refractivity contribution < 1.29 is 18.1 Å². The number of fused-ring (bicyclic) bond motifs is 1. The molecule has 11 heteroatoms. The van der Waals surface area contributed by atoms with E-state index >= 15 is 0 Å². The predicted molar refractivity (Wildman–Crippen MR) is 119 cm³/mol. The van der Waals surface area contributed by atoms with Crippen LogP contribution in [0.15, 0.2) is 52.5 Å². The number of aryl methyl sites for hydroxylation is 1. The van der Waals surface area contributed by atoms with Gasteiger partial charge in [0, 0.05) is 25.2 Å². The summed E-state index contributed by atoms with van der Waals surface area (Å²) in [5.41, 5.74) is 0.844. The molecule has 0 saturated heterocycles. The molecule has 0 fully saturated rings. The van der Waals surface area contributed by atoms with Crippen LogP contribution in [0.2, 0.25) is 0 Å². The summed E-state index contributed by atoms with van der Waals surface area (Å²) in [6.07, 6.45) is 0. The van der Waals surface area contributed by atoms with Gasteiger partial charge in [0.25, 0.3) is 15.7 Å². The minimum Gasteiger partial charge on any atom is -0.343 e. The first kappa shape index (κ1) is 22.8. The van der Waals surface area contributed by atoms with E-state index < -0.39 is 14.9 Å². The van der Waals surface area contributed by atoms with Crippen molar-refractivity contribution in [2.24, 2.45) is 0 Å². The Morgan fingerprint density at radius 2 is 1.87 bits per heavy atom. The number of carbonyl (C=O) groups excluding carboxylic acids is 1. The molecule has 0 atom stereocenters. The lowest BCUT2D eigenvalue weighted by molar-refractivity contribution is -0.385. The van der Waals surface area contributed by atoms with Gasteiger partial charge in [0.15, 0.2) is 5.16 Å². The number of nitrogens with zero attached hydrogens (tertiary/aromatic N) is 4. The highest BCUT2D eigenvalue weighted by Crippen LogP contribution is 2.31. The van der Waals surface area contributed by atoms with Crippen LogP contribution in [0.25, 0.3) is 11.0 Å². The maximum absolute atomic E-state index is 13.6. The molecular formula is C20H22N4O5S2. The molecule has 0 aliphatic rings. The van der Waals surface area contributed by atoms with E-state index in [2.05, 4.69) is 4.98 Å². The number of nitro benzene ring substituents is 1. The molecular weight excluding hydrogens is 440 g/mol. The van der Waals surface area contributed by atoms with Crippen LogP contribution in [-0.2, 0) is 14.8 Å². The van der Waals surface area contributed by atoms with E-state index in [0.717, 1.165) is 21.8 Å². The van der Waals surface area contributed by atoms with Gasteiger partial charge < -0.3 is 4.90 Å². The Labute approximate surface area is 184 Å². The number of hydrogen-bond acceptors (Lipinski definition) is 7. The zero-order chi connectivity index (χ0) is 22.8. The minimum absolute atomic E-state index is 0.0223. The molecule has 31 heavy (non-hydrogen) atoms. The SMILES string of the molecule is CCN(CC)C(=O)CSc1nc2ccccc2n1S(=O)(=O)c1cc([N+](=O)[O-])ccc1C. The Bertz CT molecular complexity index is 1250. The maximum atomic E-state index is 13.6. The number of carbonyl (C=O) groups is 1. The fourth-order valence-electron chi connectivity index (χ4n) is 3.18. The molecule has 9 nitrogen and oxygen atoms in total. The number of hydrogen-bond donors (Lipinski definition) is 0. The summed E-state index contributed by atoms with van der Waals surface area (Å²) in [5.74, 6) is -0.105. The summed E-state index contributed by atoms with van der Waals surface area (Å²) < 4.78 is 28.3. The molecule has 1 heterocycles. The van der Waals surface area contributed by atoms with Gasteiger partial charge in [-0.1, -0.05) is 30.0 Å². The van der Waals surface area contributed by atoms with Crippen molar-refractivity contribution >= 4 is 44.4 Å². The summed E-state index contributed by atoms with van der Waals surface area (Å²) >= 11 is 1.03. The molecule has 0 aliphatic carbocycles. The van der Waals surface area contributed by atoms with Crippen LogP contribution in [0.5, 0.6) is 0 Å². The molecule has 3 rings (SSSR count). The number of rotatable bonds is 8. The van der Waals surface area contributed by atoms with Crippen molar-refractivity contribution in [3.8, 4) is 0 Å². The molecule has 0 aliphatic heterocycles. The topological polar surface area (TPSA) is 115 Å². The zero-order valence-electron chi connectivity index (χ0n) is 17.3. The van der Waals surface area contributed by atoms with E-state index in [1.165, 1.54) is 12.1 Å². The third-order valence-electron chi connectivity index (χ3n) is 4.83. The van der Waals surface area contributed by atoms with E-state index in [1.807, 2.05) is 13.8 Å². The molecule has 0 spiro atoms. The number of thioether (sulfide) groups is 1. The molecule has 0 unspecified atom stereocenters. The second-order valence-electron chi connectivity index (χ2n) is 6.71. The van der Waals surface area contributed by atoms with Gasteiger partial charge in [-0.25, -0.2) is 17.4 Å². The Morgan fingerprint density at radius 3 is 2.52 bits per heavy atom. The lowest BCUT2D eigenvalue weighted by atomic mass is 10.2. The van der Waals surface area contributed by atoms with Crippen molar-refractivity contribution in [3.05, 3.63) is 58.1 Å². The summed E-state index contributed by atoms with van der Waals surface area (Å²) in [6, 6.07) is 10.4. The second kappa shape index (κ2) is 9.06. The Kier molecular flexibility index (Phi) is 6.65. The molecule has 0 N–H and O–H groups in total. The van der Waals surface area contributed by atoms with Gasteiger partial charge in [-0.2, -0.15) is 0 Å². The lowest BCUT2D eigenvalue weighted by Crippen LogP contribution is -2.32. The van der Waals surface area contributed by atoms with Gasteiger partial charge >= 0.3 is 0 Å². The van der Waals surface area contributed by atoms with E-state index in [0.29, 0.717) is 29.7 Å². The highest BCUT2D eigenvalue weighted by atomic mass is 32.2. The van der Waals surface area contributed by atoms with Gasteiger partial charge in [-0.15, -0.1) is 0 Å². The van der Waals surface area contributed by atoms with Crippen LogP contribution in [0.1, 0.15) is 19.4 Å². The third-order valence-corrected chi connectivity index (χ3v) is 7.72. The number of benzene rings is 2. The first-order chi connectivity index (χ1) is 14.7. The largest absolute Gasteiger partial charge is 0.343 e. The standard InChI is InChI=1S/C20H22N4O5S2/c1-4-22(5-2)19(25)13-30-20-21-16-8-6-7-9-17(16)23(20)31(28,29)18-12-15(24(26)27)11-10-14(18)3/h6-12H,4-5,13H2,1-3H3. The maximum Gasteiger partial charge on any atom is 0.270 e. The Balaban J connectivity index is 2.13. The van der Waals surface area contributed by atoms with E-state index in [1.54, 1.807) is 36.1 Å². The second-order valence-corrected chi connectivity index (χ2v) is 9.41. The van der Waals surface area contributed by atoms with Gasteiger partial charge in [-0.05, 0) is 38.5 Å². The molecule has 0 radical (unpaired) electrons. The van der Waals surface area contributed by atoms with Gasteiger partial charge in [0.05, 0.1) is 26.6 Å². The summed E-state index contributed by atoms with van der Waals surface area (Å²) in [5, 5.41) is 11.3. The van der Waals surface area contributed by atoms with Crippen LogP contribution in [0, 0.1) is 17.0 Å².